The van der Waals surface area contributed by atoms with E-state index in [9.17, 15) is 0 Å². The summed E-state index contributed by atoms with van der Waals surface area (Å²) in [4.78, 5) is 7.18. The number of hydrogen-bond acceptors (Lipinski definition) is 5. The third-order valence-corrected chi connectivity index (χ3v) is 5.65. The Kier molecular flexibility index (Phi) is 5.30. The van der Waals surface area contributed by atoms with Gasteiger partial charge in [0.15, 0.2) is 0 Å². The number of ether oxygens (including phenoxy) is 2. The van der Waals surface area contributed by atoms with E-state index in [-0.39, 0.29) is 0 Å². The molecule has 5 rings (SSSR count). The molecule has 0 amide bonds. The predicted octanol–water partition coefficient (Wildman–Crippen LogP) is 4.36. The predicted molar refractivity (Wildman–Crippen MR) is 122 cm³/mol. The number of fused-ring (bicyclic) bond motifs is 1. The number of anilines is 1. The van der Waals surface area contributed by atoms with Gasteiger partial charge < -0.3 is 14.4 Å². The number of rotatable bonds is 5. The van der Waals surface area contributed by atoms with E-state index in [1.165, 1.54) is 0 Å². The van der Waals surface area contributed by atoms with E-state index in [0.29, 0.717) is 6.61 Å². The van der Waals surface area contributed by atoms with Gasteiger partial charge in [-0.15, -0.1) is 0 Å². The Morgan fingerprint density at radius 2 is 1.81 bits per heavy atom. The lowest BCUT2D eigenvalue weighted by molar-refractivity contribution is 0.122. The maximum atomic E-state index is 6.07. The molecule has 158 valence electrons. The molecule has 1 fully saturated rings. The molecule has 0 spiro atoms. The molecule has 0 unspecified atom stereocenters. The van der Waals surface area contributed by atoms with E-state index < -0.39 is 0 Å². The molecular weight excluding hydrogens is 388 g/mol. The van der Waals surface area contributed by atoms with Gasteiger partial charge in [0.25, 0.3) is 0 Å². The van der Waals surface area contributed by atoms with Gasteiger partial charge in [-0.2, -0.15) is 5.10 Å². The van der Waals surface area contributed by atoms with Crippen molar-refractivity contribution in [3.63, 3.8) is 0 Å². The summed E-state index contributed by atoms with van der Waals surface area (Å²) in [6.45, 7) is 5.79. The van der Waals surface area contributed by atoms with E-state index in [1.807, 2.05) is 36.0 Å². The van der Waals surface area contributed by atoms with Crippen molar-refractivity contribution in [1.29, 1.82) is 0 Å². The van der Waals surface area contributed by atoms with Crippen molar-refractivity contribution < 1.29 is 9.47 Å². The van der Waals surface area contributed by atoms with E-state index >= 15 is 0 Å². The maximum Gasteiger partial charge on any atom is 0.134 e. The summed E-state index contributed by atoms with van der Waals surface area (Å²) in [6.07, 6.45) is 2.06. The number of aryl methyl sites for hydroxylation is 2. The van der Waals surface area contributed by atoms with Crippen LogP contribution in [0, 0.1) is 6.92 Å². The Labute approximate surface area is 182 Å². The van der Waals surface area contributed by atoms with E-state index in [4.69, 9.17) is 14.5 Å². The van der Waals surface area contributed by atoms with E-state index in [1.54, 1.807) is 0 Å². The van der Waals surface area contributed by atoms with Gasteiger partial charge in [-0.25, -0.2) is 4.98 Å². The number of pyridine rings is 1. The summed E-state index contributed by atoms with van der Waals surface area (Å²) in [7, 11) is 1.95. The zero-order chi connectivity index (χ0) is 21.2. The molecule has 2 aromatic carbocycles. The van der Waals surface area contributed by atoms with Gasteiger partial charge in [-0.3, -0.25) is 4.68 Å². The van der Waals surface area contributed by atoms with Crippen molar-refractivity contribution in [2.45, 2.75) is 13.5 Å². The first-order chi connectivity index (χ1) is 15.2. The Bertz CT molecular complexity index is 1190. The van der Waals surface area contributed by atoms with Crippen molar-refractivity contribution in [2.75, 3.05) is 31.2 Å². The number of para-hydroxylation sites is 1. The first-order valence-corrected chi connectivity index (χ1v) is 10.6. The van der Waals surface area contributed by atoms with Crippen molar-refractivity contribution >= 4 is 16.6 Å². The highest BCUT2D eigenvalue weighted by molar-refractivity contribution is 5.83. The summed E-state index contributed by atoms with van der Waals surface area (Å²) in [6, 6.07) is 18.5. The summed E-state index contributed by atoms with van der Waals surface area (Å²) in [5, 5.41) is 5.77. The topological polar surface area (TPSA) is 52.4 Å². The summed E-state index contributed by atoms with van der Waals surface area (Å²) < 4.78 is 13.4. The fourth-order valence-corrected chi connectivity index (χ4v) is 4.07. The van der Waals surface area contributed by atoms with Crippen LogP contribution in [0.25, 0.3) is 22.2 Å². The number of morpholine rings is 1. The Balaban J connectivity index is 1.32. The third kappa shape index (κ3) is 4.11. The second kappa shape index (κ2) is 8.40. The van der Waals surface area contributed by atoms with Gasteiger partial charge in [-0.05, 0) is 48.9 Å². The lowest BCUT2D eigenvalue weighted by atomic mass is 10.0. The molecular formula is C25H26N4O2. The molecule has 1 saturated heterocycles. The van der Waals surface area contributed by atoms with Gasteiger partial charge >= 0.3 is 0 Å². The highest BCUT2D eigenvalue weighted by Crippen LogP contribution is 2.28. The average molecular weight is 415 g/mol. The zero-order valence-electron chi connectivity index (χ0n) is 17.9. The molecule has 3 heterocycles. The molecule has 0 N–H and O–H groups in total. The van der Waals surface area contributed by atoms with Crippen molar-refractivity contribution in [3.05, 3.63) is 72.1 Å². The molecule has 6 heteroatoms. The second-order valence-electron chi connectivity index (χ2n) is 7.89. The van der Waals surface area contributed by atoms with Crippen LogP contribution < -0.4 is 9.64 Å². The normalized spacial score (nSPS) is 14.2. The molecule has 31 heavy (non-hydrogen) atoms. The number of benzene rings is 2. The van der Waals surface area contributed by atoms with Gasteiger partial charge in [0.2, 0.25) is 0 Å². The number of nitrogens with zero attached hydrogens (tertiary/aromatic N) is 4. The first-order valence-electron chi connectivity index (χ1n) is 10.6. The Hall–Kier alpha value is -3.38. The molecule has 0 atom stereocenters. The summed E-state index contributed by atoms with van der Waals surface area (Å²) >= 11 is 0. The second-order valence-corrected chi connectivity index (χ2v) is 7.89. The van der Waals surface area contributed by atoms with Crippen LogP contribution >= 0.6 is 0 Å². The van der Waals surface area contributed by atoms with Crippen LogP contribution in [-0.2, 0) is 18.4 Å². The van der Waals surface area contributed by atoms with Crippen molar-refractivity contribution in [1.82, 2.24) is 14.8 Å². The third-order valence-electron chi connectivity index (χ3n) is 5.65. The minimum absolute atomic E-state index is 0.431. The first kappa shape index (κ1) is 19.6. The van der Waals surface area contributed by atoms with E-state index in [2.05, 4.69) is 53.5 Å². The molecule has 4 aromatic rings. The van der Waals surface area contributed by atoms with Crippen LogP contribution in [-0.4, -0.2) is 41.1 Å². The quantitative estimate of drug-likeness (QED) is 0.486. The maximum absolute atomic E-state index is 6.07. The van der Waals surface area contributed by atoms with E-state index in [0.717, 1.165) is 71.2 Å². The fraction of sp³-hybridized carbons (Fsp3) is 0.280. The molecule has 0 aliphatic carbocycles. The Morgan fingerprint density at radius 1 is 1.03 bits per heavy atom. The Morgan fingerprint density at radius 3 is 2.61 bits per heavy atom. The van der Waals surface area contributed by atoms with Crippen LogP contribution in [0.2, 0.25) is 0 Å². The molecule has 2 aromatic heterocycles. The molecule has 1 aliphatic rings. The van der Waals surface area contributed by atoms with Crippen molar-refractivity contribution in [2.24, 2.45) is 7.05 Å². The smallest absolute Gasteiger partial charge is 0.134 e. The summed E-state index contributed by atoms with van der Waals surface area (Å²) in [5.41, 5.74) is 6.33. The van der Waals surface area contributed by atoms with Gasteiger partial charge in [0, 0.05) is 37.3 Å². The minimum Gasteiger partial charge on any atom is -0.487 e. The zero-order valence-corrected chi connectivity index (χ0v) is 17.9. The largest absolute Gasteiger partial charge is 0.487 e. The number of hydrogen-bond donors (Lipinski definition) is 0. The standard InChI is InChI=1S/C25H26N4O2/c1-18-15-20-5-3-4-6-22(20)26-25(18)19-7-9-21(10-8-19)31-17-23-24(16-28(2)27-23)29-11-13-30-14-12-29/h3-10,15-16H,11-14,17H2,1-2H3. The highest BCUT2D eigenvalue weighted by Gasteiger charge is 2.18. The molecule has 1 aliphatic heterocycles. The fourth-order valence-electron chi connectivity index (χ4n) is 4.07. The molecule has 6 nitrogen and oxygen atoms in total. The lowest BCUT2D eigenvalue weighted by Gasteiger charge is -2.28. The number of aromatic nitrogens is 3. The van der Waals surface area contributed by atoms with Crippen LogP contribution in [0.4, 0.5) is 5.69 Å². The van der Waals surface area contributed by atoms with Crippen molar-refractivity contribution in [3.8, 4) is 17.0 Å². The van der Waals surface area contributed by atoms with Gasteiger partial charge in [0.1, 0.15) is 18.1 Å². The van der Waals surface area contributed by atoms with Crippen LogP contribution in [0.15, 0.2) is 60.8 Å². The molecule has 0 radical (unpaired) electrons. The minimum atomic E-state index is 0.431. The SMILES string of the molecule is Cc1cc2ccccc2nc1-c1ccc(OCc2nn(C)cc2N2CCOCC2)cc1. The highest BCUT2D eigenvalue weighted by atomic mass is 16.5. The van der Waals surface area contributed by atoms with Gasteiger partial charge in [0.05, 0.1) is 30.1 Å². The van der Waals surface area contributed by atoms with Crippen LogP contribution in [0.3, 0.4) is 0 Å². The van der Waals surface area contributed by atoms with Crippen LogP contribution in [0.1, 0.15) is 11.3 Å². The average Bonchev–Trinajstić information content (AvgIpc) is 3.19. The van der Waals surface area contributed by atoms with Crippen LogP contribution in [0.5, 0.6) is 5.75 Å². The monoisotopic (exact) mass is 414 g/mol. The summed E-state index contributed by atoms with van der Waals surface area (Å²) in [5.74, 6) is 0.820. The van der Waals surface area contributed by atoms with Gasteiger partial charge in [-0.1, -0.05) is 18.2 Å². The molecule has 0 saturated carbocycles. The molecule has 0 bridgehead atoms. The lowest BCUT2D eigenvalue weighted by Crippen LogP contribution is -2.36.